The highest BCUT2D eigenvalue weighted by atomic mass is 35.5. The van der Waals surface area contributed by atoms with Crippen LogP contribution in [0.1, 0.15) is 39.5 Å². The Morgan fingerprint density at radius 1 is 1.25 bits per heavy atom. The molecule has 2 amide bonds. The van der Waals surface area contributed by atoms with Crippen molar-refractivity contribution in [1.29, 1.82) is 0 Å². The number of nitrogens with zero attached hydrogens (tertiary/aromatic N) is 1. The van der Waals surface area contributed by atoms with Gasteiger partial charge in [0, 0.05) is 30.9 Å². The highest BCUT2D eigenvalue weighted by molar-refractivity contribution is 6.32. The van der Waals surface area contributed by atoms with Crippen LogP contribution in [-0.4, -0.2) is 42.2 Å². The van der Waals surface area contributed by atoms with Crippen LogP contribution < -0.4 is 15.4 Å². The second-order valence-electron chi connectivity index (χ2n) is 6.95. The van der Waals surface area contributed by atoms with Crippen molar-refractivity contribution in [3.8, 4) is 5.75 Å². The lowest BCUT2D eigenvalue weighted by molar-refractivity contribution is 0.189. The van der Waals surface area contributed by atoms with Crippen LogP contribution >= 0.6 is 11.6 Å². The number of hydrogen-bond acceptors (Lipinski definition) is 3. The van der Waals surface area contributed by atoms with Crippen molar-refractivity contribution in [1.82, 2.24) is 10.2 Å². The van der Waals surface area contributed by atoms with E-state index in [1.807, 2.05) is 13.8 Å². The number of carbonyl (C=O) groups excluding carboxylic acids is 1. The monoisotopic (exact) mass is 351 g/mol. The lowest BCUT2D eigenvalue weighted by atomic mass is 10.1. The van der Waals surface area contributed by atoms with Gasteiger partial charge in [0.15, 0.2) is 0 Å². The van der Waals surface area contributed by atoms with Gasteiger partial charge in [-0.15, -0.1) is 0 Å². The molecule has 1 aromatic rings. The molecule has 1 aromatic carbocycles. The number of nitrogens with one attached hydrogen (secondary N) is 2. The zero-order valence-electron chi connectivity index (χ0n) is 14.3. The molecule has 2 N–H and O–H groups in total. The van der Waals surface area contributed by atoms with Crippen molar-refractivity contribution in [3.05, 3.63) is 23.2 Å². The molecule has 3 rings (SSSR count). The molecule has 132 valence electrons. The summed E-state index contributed by atoms with van der Waals surface area (Å²) in [5.41, 5.74) is 0.670. The maximum Gasteiger partial charge on any atom is 0.319 e. The van der Waals surface area contributed by atoms with Crippen molar-refractivity contribution < 1.29 is 9.53 Å². The number of urea groups is 1. The minimum atomic E-state index is -0.173. The number of benzene rings is 1. The third-order valence-corrected chi connectivity index (χ3v) is 4.78. The molecule has 5 nitrogen and oxygen atoms in total. The van der Waals surface area contributed by atoms with Crippen molar-refractivity contribution in [3.63, 3.8) is 0 Å². The number of hydrogen-bond donors (Lipinski definition) is 2. The van der Waals surface area contributed by atoms with Crippen LogP contribution in [0.5, 0.6) is 5.75 Å². The van der Waals surface area contributed by atoms with Crippen molar-refractivity contribution in [2.75, 3.05) is 18.4 Å². The Morgan fingerprint density at radius 3 is 2.54 bits per heavy atom. The van der Waals surface area contributed by atoms with Crippen molar-refractivity contribution in [2.45, 2.75) is 57.7 Å². The van der Waals surface area contributed by atoms with E-state index >= 15 is 0 Å². The van der Waals surface area contributed by atoms with Crippen LogP contribution in [-0.2, 0) is 0 Å². The summed E-state index contributed by atoms with van der Waals surface area (Å²) in [5, 5.41) is 6.42. The molecule has 1 saturated carbocycles. The lowest BCUT2D eigenvalue weighted by Gasteiger charge is -2.32. The fraction of sp³-hybridized carbons (Fsp3) is 0.611. The van der Waals surface area contributed by atoms with Crippen LogP contribution in [0, 0.1) is 0 Å². The molecule has 0 aromatic heterocycles. The van der Waals surface area contributed by atoms with Crippen molar-refractivity contribution >= 4 is 23.3 Å². The number of rotatable bonds is 5. The normalized spacial score (nSPS) is 19.3. The first-order valence-corrected chi connectivity index (χ1v) is 9.17. The summed E-state index contributed by atoms with van der Waals surface area (Å²) in [6.07, 6.45) is 4.79. The van der Waals surface area contributed by atoms with E-state index in [1.165, 1.54) is 12.8 Å². The molecule has 6 heteroatoms. The standard InChI is InChI=1S/C18H26ClN3O2/c1-12(2)24-17-6-3-14(11-16(17)19)21-18(23)20-13-7-9-22(10-8-13)15-4-5-15/h3,6,11-13,15H,4-5,7-10H2,1-2H3,(H2,20,21,23). The molecule has 1 heterocycles. The molecule has 2 fully saturated rings. The highest BCUT2D eigenvalue weighted by Crippen LogP contribution is 2.30. The molecule has 1 aliphatic carbocycles. The van der Waals surface area contributed by atoms with E-state index in [9.17, 15) is 4.79 Å². The SMILES string of the molecule is CC(C)Oc1ccc(NC(=O)NC2CCN(C3CC3)CC2)cc1Cl. The topological polar surface area (TPSA) is 53.6 Å². The molecule has 1 saturated heterocycles. The summed E-state index contributed by atoms with van der Waals surface area (Å²) in [6, 6.07) is 6.19. The van der Waals surface area contributed by atoms with E-state index < -0.39 is 0 Å². The highest BCUT2D eigenvalue weighted by Gasteiger charge is 2.32. The van der Waals surface area contributed by atoms with E-state index in [1.54, 1.807) is 18.2 Å². The Balaban J connectivity index is 1.47. The van der Waals surface area contributed by atoms with Gasteiger partial charge in [0.25, 0.3) is 0 Å². The molecular formula is C18H26ClN3O2. The van der Waals surface area contributed by atoms with Crippen LogP contribution in [0.2, 0.25) is 5.02 Å². The van der Waals surface area contributed by atoms with Crippen molar-refractivity contribution in [2.24, 2.45) is 0 Å². The molecular weight excluding hydrogens is 326 g/mol. The molecule has 0 spiro atoms. The average Bonchev–Trinajstić information content (AvgIpc) is 3.35. The third-order valence-electron chi connectivity index (χ3n) is 4.48. The second kappa shape index (κ2) is 7.62. The van der Waals surface area contributed by atoms with Crippen LogP contribution in [0.25, 0.3) is 0 Å². The lowest BCUT2D eigenvalue weighted by Crippen LogP contribution is -2.46. The summed E-state index contributed by atoms with van der Waals surface area (Å²) in [5.74, 6) is 0.630. The number of amides is 2. The molecule has 0 radical (unpaired) electrons. The van der Waals surface area contributed by atoms with Crippen LogP contribution in [0.15, 0.2) is 18.2 Å². The quantitative estimate of drug-likeness (QED) is 0.846. The minimum absolute atomic E-state index is 0.0612. The van der Waals surface area contributed by atoms with E-state index in [0.717, 1.165) is 32.0 Å². The predicted molar refractivity (Wildman–Crippen MR) is 97.0 cm³/mol. The summed E-state index contributed by atoms with van der Waals surface area (Å²) in [6.45, 7) is 6.07. The van der Waals surface area contributed by atoms with Gasteiger partial charge < -0.3 is 20.3 Å². The fourth-order valence-corrected chi connectivity index (χ4v) is 3.35. The number of piperidine rings is 1. The van der Waals surface area contributed by atoms with Gasteiger partial charge in [0.1, 0.15) is 5.75 Å². The van der Waals surface area contributed by atoms with Gasteiger partial charge in [0.2, 0.25) is 0 Å². The summed E-state index contributed by atoms with van der Waals surface area (Å²) < 4.78 is 5.60. The zero-order valence-corrected chi connectivity index (χ0v) is 15.1. The molecule has 24 heavy (non-hydrogen) atoms. The zero-order chi connectivity index (χ0) is 17.1. The second-order valence-corrected chi connectivity index (χ2v) is 7.36. The number of carbonyl (C=O) groups is 1. The molecule has 0 atom stereocenters. The number of anilines is 1. The minimum Gasteiger partial charge on any atom is -0.489 e. The van der Waals surface area contributed by atoms with Gasteiger partial charge in [-0.1, -0.05) is 11.6 Å². The largest absolute Gasteiger partial charge is 0.489 e. The average molecular weight is 352 g/mol. The van der Waals surface area contributed by atoms with Gasteiger partial charge in [-0.2, -0.15) is 0 Å². The predicted octanol–water partition coefficient (Wildman–Crippen LogP) is 3.88. The Bertz CT molecular complexity index is 582. The Kier molecular flexibility index (Phi) is 5.51. The first-order chi connectivity index (χ1) is 11.5. The maximum absolute atomic E-state index is 12.2. The molecule has 1 aliphatic heterocycles. The van der Waals surface area contributed by atoms with Gasteiger partial charge in [-0.05, 0) is 57.7 Å². The Morgan fingerprint density at radius 2 is 1.96 bits per heavy atom. The fourth-order valence-electron chi connectivity index (χ4n) is 3.13. The smallest absolute Gasteiger partial charge is 0.319 e. The van der Waals surface area contributed by atoms with Gasteiger partial charge >= 0.3 is 6.03 Å². The van der Waals surface area contributed by atoms with E-state index in [2.05, 4.69) is 15.5 Å². The summed E-state index contributed by atoms with van der Waals surface area (Å²) >= 11 is 6.20. The number of likely N-dealkylation sites (tertiary alicyclic amines) is 1. The van der Waals surface area contributed by atoms with Gasteiger partial charge in [-0.25, -0.2) is 4.79 Å². The summed E-state index contributed by atoms with van der Waals surface area (Å²) in [4.78, 5) is 14.7. The maximum atomic E-state index is 12.2. The number of ether oxygens (including phenoxy) is 1. The third kappa shape index (κ3) is 4.77. The number of halogens is 1. The Labute approximate surface area is 148 Å². The van der Waals surface area contributed by atoms with Gasteiger partial charge in [0.05, 0.1) is 11.1 Å². The molecule has 0 unspecified atom stereocenters. The van der Waals surface area contributed by atoms with Crippen LogP contribution in [0.4, 0.5) is 10.5 Å². The Hall–Kier alpha value is -1.46. The van der Waals surface area contributed by atoms with Gasteiger partial charge in [-0.3, -0.25) is 0 Å². The molecule has 0 bridgehead atoms. The van der Waals surface area contributed by atoms with E-state index in [4.69, 9.17) is 16.3 Å². The van der Waals surface area contributed by atoms with E-state index in [-0.39, 0.29) is 18.2 Å². The first kappa shape index (κ1) is 17.4. The van der Waals surface area contributed by atoms with Crippen LogP contribution in [0.3, 0.4) is 0 Å². The summed E-state index contributed by atoms with van der Waals surface area (Å²) in [7, 11) is 0. The van der Waals surface area contributed by atoms with E-state index in [0.29, 0.717) is 16.5 Å². The first-order valence-electron chi connectivity index (χ1n) is 8.79. The molecule has 2 aliphatic rings.